The number of carbonyl (C=O) groups is 1. The standard InChI is InChI=1S/C13H18F3N3O3/c1-12(2,3)21-7-4-8(17-6-7)11(20)18-10-5-9(19-22-10)13(14,15)16/h5,7-8,17H,4,6H2,1-3H3,(H,18,20)/t7-,8+/m1/s1. The molecule has 1 aromatic heterocycles. The molecule has 2 atom stereocenters. The van der Waals surface area contributed by atoms with Gasteiger partial charge in [0.05, 0.1) is 17.7 Å². The zero-order chi connectivity index (χ0) is 16.5. The fourth-order valence-electron chi connectivity index (χ4n) is 2.17. The van der Waals surface area contributed by atoms with Crippen LogP contribution in [0.5, 0.6) is 0 Å². The second-order valence-corrected chi connectivity index (χ2v) is 6.11. The Kier molecular flexibility index (Phi) is 4.48. The Balaban J connectivity index is 1.90. The Hall–Kier alpha value is -1.61. The lowest BCUT2D eigenvalue weighted by molar-refractivity contribution is -0.142. The zero-order valence-corrected chi connectivity index (χ0v) is 12.5. The lowest BCUT2D eigenvalue weighted by atomic mass is 10.1. The summed E-state index contributed by atoms with van der Waals surface area (Å²) in [6.07, 6.45) is -4.30. The molecular formula is C13H18F3N3O3. The largest absolute Gasteiger partial charge is 0.436 e. The molecule has 2 N–H and O–H groups in total. The van der Waals surface area contributed by atoms with E-state index in [1.54, 1.807) is 0 Å². The van der Waals surface area contributed by atoms with Gasteiger partial charge in [0.2, 0.25) is 11.8 Å². The summed E-state index contributed by atoms with van der Waals surface area (Å²) in [7, 11) is 0. The molecule has 0 radical (unpaired) electrons. The normalized spacial score (nSPS) is 22.8. The Bertz CT molecular complexity index is 537. The fourth-order valence-corrected chi connectivity index (χ4v) is 2.17. The van der Waals surface area contributed by atoms with Gasteiger partial charge in [-0.1, -0.05) is 5.16 Å². The summed E-state index contributed by atoms with van der Waals surface area (Å²) in [5.74, 6) is -0.816. The van der Waals surface area contributed by atoms with E-state index in [2.05, 4.69) is 20.3 Å². The van der Waals surface area contributed by atoms with E-state index < -0.39 is 23.8 Å². The fraction of sp³-hybridized carbons (Fsp3) is 0.692. The average Bonchev–Trinajstić information content (AvgIpc) is 2.95. The van der Waals surface area contributed by atoms with Crippen LogP contribution in [0.3, 0.4) is 0 Å². The van der Waals surface area contributed by atoms with Gasteiger partial charge in [-0.05, 0) is 27.2 Å². The molecule has 0 unspecified atom stereocenters. The number of anilines is 1. The topological polar surface area (TPSA) is 76.4 Å². The molecule has 2 heterocycles. The number of amides is 1. The predicted molar refractivity (Wildman–Crippen MR) is 71.2 cm³/mol. The van der Waals surface area contributed by atoms with Crippen molar-refractivity contribution in [1.29, 1.82) is 0 Å². The van der Waals surface area contributed by atoms with Crippen LogP contribution < -0.4 is 10.6 Å². The number of hydrogen-bond donors (Lipinski definition) is 2. The maximum absolute atomic E-state index is 12.4. The molecule has 0 aliphatic carbocycles. The minimum Gasteiger partial charge on any atom is -0.371 e. The monoisotopic (exact) mass is 321 g/mol. The van der Waals surface area contributed by atoms with Crippen molar-refractivity contribution in [2.24, 2.45) is 0 Å². The number of rotatable bonds is 3. The van der Waals surface area contributed by atoms with E-state index in [0.717, 1.165) is 0 Å². The van der Waals surface area contributed by atoms with Crippen LogP contribution in [-0.4, -0.2) is 35.4 Å². The molecule has 1 fully saturated rings. The van der Waals surface area contributed by atoms with E-state index >= 15 is 0 Å². The first kappa shape index (κ1) is 16.8. The number of nitrogens with one attached hydrogen (secondary N) is 2. The van der Waals surface area contributed by atoms with Crippen molar-refractivity contribution in [1.82, 2.24) is 10.5 Å². The molecular weight excluding hydrogens is 303 g/mol. The molecule has 1 aliphatic rings. The minimum atomic E-state index is -4.61. The van der Waals surface area contributed by atoms with Gasteiger partial charge in [0.25, 0.3) is 0 Å². The van der Waals surface area contributed by atoms with E-state index in [0.29, 0.717) is 19.0 Å². The van der Waals surface area contributed by atoms with Crippen LogP contribution in [0, 0.1) is 0 Å². The summed E-state index contributed by atoms with van der Waals surface area (Å²) in [5, 5.41) is 8.11. The Morgan fingerprint density at radius 1 is 1.45 bits per heavy atom. The molecule has 2 rings (SSSR count). The third-order valence-corrected chi connectivity index (χ3v) is 2.97. The Morgan fingerprint density at radius 2 is 2.14 bits per heavy atom. The summed E-state index contributed by atoms with van der Waals surface area (Å²) in [6, 6.07) is 0.0995. The van der Waals surface area contributed by atoms with Crippen LogP contribution in [0.25, 0.3) is 0 Å². The van der Waals surface area contributed by atoms with Gasteiger partial charge in [0, 0.05) is 12.6 Å². The summed E-state index contributed by atoms with van der Waals surface area (Å²) in [6.45, 7) is 6.23. The molecule has 6 nitrogen and oxygen atoms in total. The zero-order valence-electron chi connectivity index (χ0n) is 12.5. The number of nitrogens with zero attached hydrogens (tertiary/aromatic N) is 1. The average molecular weight is 321 g/mol. The first-order valence-corrected chi connectivity index (χ1v) is 6.80. The number of alkyl halides is 3. The molecule has 0 spiro atoms. The number of carbonyl (C=O) groups excluding carboxylic acids is 1. The Morgan fingerprint density at radius 3 is 2.68 bits per heavy atom. The van der Waals surface area contributed by atoms with Crippen molar-refractivity contribution in [3.05, 3.63) is 11.8 Å². The SMILES string of the molecule is CC(C)(C)O[C@H]1CN[C@H](C(=O)Nc2cc(C(F)(F)F)no2)C1. The maximum atomic E-state index is 12.4. The van der Waals surface area contributed by atoms with Crippen molar-refractivity contribution < 1.29 is 27.2 Å². The highest BCUT2D eigenvalue weighted by atomic mass is 19.4. The van der Waals surface area contributed by atoms with Crippen LogP contribution >= 0.6 is 0 Å². The highest BCUT2D eigenvalue weighted by molar-refractivity contribution is 5.94. The van der Waals surface area contributed by atoms with Crippen LogP contribution in [0.1, 0.15) is 32.9 Å². The lowest BCUT2D eigenvalue weighted by Gasteiger charge is -2.24. The van der Waals surface area contributed by atoms with Gasteiger partial charge in [0.15, 0.2) is 5.69 Å². The third kappa shape index (κ3) is 4.44. The van der Waals surface area contributed by atoms with Gasteiger partial charge in [0.1, 0.15) is 0 Å². The molecule has 0 bridgehead atoms. The third-order valence-electron chi connectivity index (χ3n) is 2.97. The molecule has 1 aromatic rings. The highest BCUT2D eigenvalue weighted by Gasteiger charge is 2.36. The molecule has 124 valence electrons. The van der Waals surface area contributed by atoms with E-state index in [1.165, 1.54) is 0 Å². The van der Waals surface area contributed by atoms with Crippen LogP contribution in [0.15, 0.2) is 10.6 Å². The van der Waals surface area contributed by atoms with E-state index in [1.807, 2.05) is 20.8 Å². The van der Waals surface area contributed by atoms with E-state index in [4.69, 9.17) is 4.74 Å². The highest BCUT2D eigenvalue weighted by Crippen LogP contribution is 2.30. The first-order valence-electron chi connectivity index (χ1n) is 6.80. The molecule has 22 heavy (non-hydrogen) atoms. The summed E-state index contributed by atoms with van der Waals surface area (Å²) >= 11 is 0. The predicted octanol–water partition coefficient (Wildman–Crippen LogP) is 2.18. The number of ether oxygens (including phenoxy) is 1. The minimum absolute atomic E-state index is 0.129. The number of aromatic nitrogens is 1. The van der Waals surface area contributed by atoms with Crippen molar-refractivity contribution in [2.75, 3.05) is 11.9 Å². The second-order valence-electron chi connectivity index (χ2n) is 6.11. The second kappa shape index (κ2) is 5.88. The summed E-state index contributed by atoms with van der Waals surface area (Å²) in [4.78, 5) is 12.0. The summed E-state index contributed by atoms with van der Waals surface area (Å²) in [5.41, 5.74) is -1.51. The van der Waals surface area contributed by atoms with Gasteiger partial charge in [-0.3, -0.25) is 10.1 Å². The Labute approximate surface area is 125 Å². The van der Waals surface area contributed by atoms with Crippen molar-refractivity contribution in [2.45, 2.75) is 51.1 Å². The number of halogens is 3. The first-order chi connectivity index (χ1) is 10.0. The van der Waals surface area contributed by atoms with Gasteiger partial charge < -0.3 is 14.6 Å². The number of hydrogen-bond acceptors (Lipinski definition) is 5. The van der Waals surface area contributed by atoms with E-state index in [9.17, 15) is 18.0 Å². The van der Waals surface area contributed by atoms with Crippen molar-refractivity contribution in [3.63, 3.8) is 0 Å². The van der Waals surface area contributed by atoms with Gasteiger partial charge in [-0.15, -0.1) is 0 Å². The molecule has 1 amide bonds. The van der Waals surface area contributed by atoms with Gasteiger partial charge in [-0.2, -0.15) is 13.2 Å². The van der Waals surface area contributed by atoms with Gasteiger partial charge in [-0.25, -0.2) is 0 Å². The van der Waals surface area contributed by atoms with Crippen molar-refractivity contribution in [3.8, 4) is 0 Å². The lowest BCUT2D eigenvalue weighted by Crippen LogP contribution is -2.35. The van der Waals surface area contributed by atoms with Crippen LogP contribution in [0.2, 0.25) is 0 Å². The molecule has 1 saturated heterocycles. The molecule has 1 aliphatic heterocycles. The quantitative estimate of drug-likeness (QED) is 0.892. The summed E-state index contributed by atoms with van der Waals surface area (Å²) < 4.78 is 47.4. The van der Waals surface area contributed by atoms with Crippen LogP contribution in [0.4, 0.5) is 19.1 Å². The maximum Gasteiger partial charge on any atom is 0.436 e. The van der Waals surface area contributed by atoms with E-state index in [-0.39, 0.29) is 17.6 Å². The van der Waals surface area contributed by atoms with Crippen molar-refractivity contribution >= 4 is 11.8 Å². The van der Waals surface area contributed by atoms with Gasteiger partial charge >= 0.3 is 6.18 Å². The smallest absolute Gasteiger partial charge is 0.371 e. The van der Waals surface area contributed by atoms with Crippen LogP contribution in [-0.2, 0) is 15.7 Å². The molecule has 0 saturated carbocycles. The molecule has 0 aromatic carbocycles. The molecule has 9 heteroatoms.